The van der Waals surface area contributed by atoms with Gasteiger partial charge in [-0.15, -0.1) is 0 Å². The quantitative estimate of drug-likeness (QED) is 0.267. The highest BCUT2D eigenvalue weighted by Crippen LogP contribution is 2.32. The Hall–Kier alpha value is -4.33. The van der Waals surface area contributed by atoms with E-state index in [0.717, 1.165) is 17.0 Å². The van der Waals surface area contributed by atoms with Gasteiger partial charge in [0.05, 0.1) is 11.3 Å². The number of urea groups is 1. The highest BCUT2D eigenvalue weighted by Gasteiger charge is 2.40. The number of carbonyl (C=O) groups excluding carboxylic acids is 4. The van der Waals surface area contributed by atoms with Crippen LogP contribution >= 0.6 is 0 Å². The van der Waals surface area contributed by atoms with Gasteiger partial charge < -0.3 is 14.4 Å². The molecule has 0 aliphatic carbocycles. The van der Waals surface area contributed by atoms with Crippen molar-refractivity contribution in [1.29, 1.82) is 0 Å². The first-order chi connectivity index (χ1) is 19.9. The fourth-order valence-electron chi connectivity index (χ4n) is 4.39. The number of halogens is 3. The molecule has 1 heterocycles. The Bertz CT molecular complexity index is 1380. The van der Waals surface area contributed by atoms with E-state index in [2.05, 4.69) is 0 Å². The van der Waals surface area contributed by atoms with Crippen LogP contribution in [0.2, 0.25) is 0 Å². The Labute approximate surface area is 247 Å². The summed E-state index contributed by atoms with van der Waals surface area (Å²) in [6, 6.07) is 4.08. The highest BCUT2D eigenvalue weighted by atomic mass is 19.1. The molecule has 43 heavy (non-hydrogen) atoms. The van der Waals surface area contributed by atoms with Gasteiger partial charge in [0.2, 0.25) is 0 Å². The Morgan fingerprint density at radius 1 is 0.907 bits per heavy atom. The number of nitrogens with one attached hydrogen (secondary N) is 1. The zero-order valence-corrected chi connectivity index (χ0v) is 24.9. The van der Waals surface area contributed by atoms with Gasteiger partial charge in [-0.05, 0) is 78.6 Å². The summed E-state index contributed by atoms with van der Waals surface area (Å²) >= 11 is 0. The van der Waals surface area contributed by atoms with Crippen LogP contribution in [-0.2, 0) is 9.47 Å². The van der Waals surface area contributed by atoms with E-state index < -0.39 is 70.1 Å². The van der Waals surface area contributed by atoms with E-state index in [0.29, 0.717) is 17.0 Å². The summed E-state index contributed by atoms with van der Waals surface area (Å²) in [5.41, 5.74) is -1.69. The van der Waals surface area contributed by atoms with Gasteiger partial charge in [0.15, 0.2) is 5.82 Å². The van der Waals surface area contributed by atoms with E-state index in [1.54, 1.807) is 26.2 Å². The number of hydrazine groups is 1. The molecule has 2 aromatic rings. The van der Waals surface area contributed by atoms with Crippen LogP contribution in [0.5, 0.6) is 0 Å². The summed E-state index contributed by atoms with van der Waals surface area (Å²) in [4.78, 5) is 55.5. The first-order valence-electron chi connectivity index (χ1n) is 13.5. The maximum atomic E-state index is 15.3. The van der Waals surface area contributed by atoms with Gasteiger partial charge in [-0.3, -0.25) is 15.1 Å². The SMILES string of the molecule is CC(C)(C)OC(=O)N1CCC(N(C(=O)N(C(=O)OC(C)(C)C)c2cc(C(=O)NN)c(F)cc2F)c2cccc(F)c2)CC1. The standard InChI is InChI=1S/C29H36F3N5O6/c1-28(2,3)42-26(40)35-12-10-18(11-13-35)36(19-9-7-8-17(30)14-19)25(39)37(27(41)43-29(4,5)6)23-15-20(24(38)34-33)21(31)16-22(23)32/h7-9,14-16,18H,10-13,33H2,1-6H3,(H,34,38). The summed E-state index contributed by atoms with van der Waals surface area (Å²) in [5.74, 6) is 0.637. The lowest BCUT2D eigenvalue weighted by atomic mass is 10.0. The Kier molecular flexibility index (Phi) is 9.95. The van der Waals surface area contributed by atoms with Crippen LogP contribution in [0.15, 0.2) is 36.4 Å². The normalized spacial score (nSPS) is 14.1. The van der Waals surface area contributed by atoms with Gasteiger partial charge in [0.25, 0.3) is 5.91 Å². The molecule has 1 aliphatic rings. The molecule has 3 N–H and O–H groups in total. The van der Waals surface area contributed by atoms with Gasteiger partial charge >= 0.3 is 18.2 Å². The third kappa shape index (κ3) is 8.37. The summed E-state index contributed by atoms with van der Waals surface area (Å²) in [5, 5.41) is 0. The number of hydrogen-bond acceptors (Lipinski definition) is 7. The van der Waals surface area contributed by atoms with E-state index in [1.807, 2.05) is 0 Å². The van der Waals surface area contributed by atoms with Crippen LogP contribution in [0.25, 0.3) is 0 Å². The number of nitrogens with two attached hydrogens (primary N) is 1. The largest absolute Gasteiger partial charge is 0.444 e. The summed E-state index contributed by atoms with van der Waals surface area (Å²) in [7, 11) is 0. The van der Waals surface area contributed by atoms with Crippen LogP contribution in [0, 0.1) is 17.5 Å². The molecule has 14 heteroatoms. The average molecular weight is 608 g/mol. The maximum Gasteiger partial charge on any atom is 0.423 e. The minimum atomic E-state index is -1.36. The minimum absolute atomic E-state index is 0.0247. The zero-order valence-electron chi connectivity index (χ0n) is 24.9. The number of amides is 5. The minimum Gasteiger partial charge on any atom is -0.444 e. The van der Waals surface area contributed by atoms with Crippen LogP contribution in [-0.4, -0.2) is 59.4 Å². The van der Waals surface area contributed by atoms with Crippen molar-refractivity contribution in [3.63, 3.8) is 0 Å². The Morgan fingerprint density at radius 3 is 2.05 bits per heavy atom. The Balaban J connectivity index is 2.10. The van der Waals surface area contributed by atoms with E-state index >= 15 is 4.39 Å². The molecular formula is C29H36F3N5O6. The number of hydrogen-bond donors (Lipinski definition) is 2. The number of anilines is 2. The van der Waals surface area contributed by atoms with Gasteiger partial charge in [0.1, 0.15) is 22.8 Å². The second kappa shape index (κ2) is 12.9. The zero-order chi connectivity index (χ0) is 32.3. The molecule has 1 aliphatic heterocycles. The number of piperidine rings is 1. The number of carbonyl (C=O) groups is 4. The molecule has 0 saturated carbocycles. The number of nitrogens with zero attached hydrogens (tertiary/aromatic N) is 3. The van der Waals surface area contributed by atoms with Crippen LogP contribution < -0.4 is 21.1 Å². The highest BCUT2D eigenvalue weighted by molar-refractivity contribution is 6.18. The van der Waals surface area contributed by atoms with Crippen molar-refractivity contribution in [3.8, 4) is 0 Å². The van der Waals surface area contributed by atoms with Crippen molar-refractivity contribution < 1.29 is 41.8 Å². The monoisotopic (exact) mass is 607 g/mol. The maximum absolute atomic E-state index is 15.3. The third-order valence-electron chi connectivity index (χ3n) is 6.19. The first-order valence-corrected chi connectivity index (χ1v) is 13.5. The van der Waals surface area contributed by atoms with Gasteiger partial charge in [-0.2, -0.15) is 4.90 Å². The van der Waals surface area contributed by atoms with Crippen molar-refractivity contribution in [2.24, 2.45) is 5.84 Å². The van der Waals surface area contributed by atoms with Crippen LogP contribution in [0.4, 0.5) is 38.9 Å². The smallest absolute Gasteiger partial charge is 0.423 e. The second-order valence-corrected chi connectivity index (χ2v) is 11.9. The molecule has 5 amide bonds. The molecule has 0 bridgehead atoms. The molecule has 11 nitrogen and oxygen atoms in total. The van der Waals surface area contributed by atoms with Gasteiger partial charge in [-0.25, -0.2) is 33.4 Å². The van der Waals surface area contributed by atoms with Crippen molar-refractivity contribution in [1.82, 2.24) is 10.3 Å². The first kappa shape index (κ1) is 33.2. The number of likely N-dealkylation sites (tertiary alicyclic amines) is 1. The number of ether oxygens (including phenoxy) is 2. The third-order valence-corrected chi connectivity index (χ3v) is 6.19. The molecular weight excluding hydrogens is 571 g/mol. The molecule has 0 radical (unpaired) electrons. The van der Waals surface area contributed by atoms with E-state index in [9.17, 15) is 28.0 Å². The van der Waals surface area contributed by atoms with Crippen LogP contribution in [0.3, 0.4) is 0 Å². The fourth-order valence-corrected chi connectivity index (χ4v) is 4.39. The van der Waals surface area contributed by atoms with Gasteiger partial charge in [-0.1, -0.05) is 6.07 Å². The Morgan fingerprint density at radius 2 is 1.51 bits per heavy atom. The number of nitrogen functional groups attached to an aromatic ring is 1. The van der Waals surface area contributed by atoms with Crippen molar-refractivity contribution >= 4 is 35.5 Å². The molecule has 0 spiro atoms. The van der Waals surface area contributed by atoms with E-state index in [4.69, 9.17) is 15.3 Å². The van der Waals surface area contributed by atoms with Gasteiger partial charge in [0, 0.05) is 30.9 Å². The van der Waals surface area contributed by atoms with E-state index in [1.165, 1.54) is 37.8 Å². The fraction of sp³-hybridized carbons (Fsp3) is 0.448. The molecule has 0 unspecified atom stereocenters. The summed E-state index contributed by atoms with van der Waals surface area (Å²) in [6.07, 6.45) is -1.54. The van der Waals surface area contributed by atoms with Crippen molar-refractivity contribution in [3.05, 3.63) is 59.4 Å². The summed E-state index contributed by atoms with van der Waals surface area (Å²) < 4.78 is 55.0. The second-order valence-electron chi connectivity index (χ2n) is 11.9. The van der Waals surface area contributed by atoms with Crippen molar-refractivity contribution in [2.45, 2.75) is 71.6 Å². The molecule has 3 rings (SSSR count). The molecule has 1 saturated heterocycles. The number of benzene rings is 2. The predicted octanol–water partition coefficient (Wildman–Crippen LogP) is 5.48. The predicted molar refractivity (Wildman–Crippen MR) is 152 cm³/mol. The molecule has 1 fully saturated rings. The number of rotatable bonds is 4. The lowest BCUT2D eigenvalue weighted by Crippen LogP contribution is -2.55. The lowest BCUT2D eigenvalue weighted by molar-refractivity contribution is 0.0206. The van der Waals surface area contributed by atoms with E-state index in [-0.39, 0.29) is 31.6 Å². The topological polar surface area (TPSA) is 135 Å². The molecule has 0 aromatic heterocycles. The average Bonchev–Trinajstić information content (AvgIpc) is 2.88. The van der Waals surface area contributed by atoms with Crippen LogP contribution in [0.1, 0.15) is 64.7 Å². The number of imide groups is 1. The summed E-state index contributed by atoms with van der Waals surface area (Å²) in [6.45, 7) is 10.0. The van der Waals surface area contributed by atoms with Crippen molar-refractivity contribution in [2.75, 3.05) is 22.9 Å². The molecule has 2 aromatic carbocycles. The molecule has 0 atom stereocenters. The lowest BCUT2D eigenvalue weighted by Gasteiger charge is -2.40. The molecule has 234 valence electrons.